The van der Waals surface area contributed by atoms with E-state index in [9.17, 15) is 17.6 Å². The normalized spacial score (nSPS) is 17.6. The smallest absolute Gasteiger partial charge is 0.243 e. The van der Waals surface area contributed by atoms with Gasteiger partial charge in [0.2, 0.25) is 15.9 Å². The fourth-order valence-electron chi connectivity index (χ4n) is 4.10. The molecular formula is C23H27FN2O5S. The van der Waals surface area contributed by atoms with Gasteiger partial charge >= 0.3 is 0 Å². The molecule has 1 amide bonds. The fourth-order valence-corrected chi connectivity index (χ4v) is 5.58. The third kappa shape index (κ3) is 4.88. The number of hydrogen-bond donors (Lipinski definition) is 0. The second-order valence-electron chi connectivity index (χ2n) is 8.16. The molecule has 0 aliphatic carbocycles. The van der Waals surface area contributed by atoms with Crippen LogP contribution < -0.4 is 9.47 Å². The summed E-state index contributed by atoms with van der Waals surface area (Å²) in [7, 11) is -2.01. The Morgan fingerprint density at radius 1 is 1.09 bits per heavy atom. The lowest BCUT2D eigenvalue weighted by Gasteiger charge is -2.32. The summed E-state index contributed by atoms with van der Waals surface area (Å²) in [6.07, 6.45) is 1.62. The number of carbonyl (C=O) groups is 1. The molecule has 2 aliphatic rings. The molecule has 2 aromatic rings. The highest BCUT2D eigenvalue weighted by atomic mass is 32.2. The van der Waals surface area contributed by atoms with Gasteiger partial charge in [-0.3, -0.25) is 4.79 Å². The quantitative estimate of drug-likeness (QED) is 0.683. The number of hydrogen-bond acceptors (Lipinski definition) is 5. The van der Waals surface area contributed by atoms with Crippen molar-refractivity contribution < 1.29 is 27.1 Å². The molecule has 2 aliphatic heterocycles. The Morgan fingerprint density at radius 2 is 1.81 bits per heavy atom. The number of fused-ring (bicyclic) bond motifs is 1. The molecule has 7 nitrogen and oxygen atoms in total. The summed E-state index contributed by atoms with van der Waals surface area (Å²) < 4.78 is 52.3. The van der Waals surface area contributed by atoms with Gasteiger partial charge in [0.15, 0.2) is 11.5 Å². The maximum atomic E-state index is 13.4. The van der Waals surface area contributed by atoms with E-state index in [1.54, 1.807) is 30.1 Å². The Morgan fingerprint density at radius 3 is 2.53 bits per heavy atom. The number of ether oxygens (including phenoxy) is 2. The molecule has 0 bridgehead atoms. The Bertz CT molecular complexity index is 1080. The highest BCUT2D eigenvalue weighted by Gasteiger charge is 2.33. The van der Waals surface area contributed by atoms with Gasteiger partial charge in [0.25, 0.3) is 0 Å². The van der Waals surface area contributed by atoms with Gasteiger partial charge in [-0.1, -0.05) is 12.1 Å². The van der Waals surface area contributed by atoms with Crippen molar-refractivity contribution in [3.63, 3.8) is 0 Å². The van der Waals surface area contributed by atoms with E-state index < -0.39 is 10.0 Å². The minimum Gasteiger partial charge on any atom is -0.490 e. The second kappa shape index (κ2) is 9.46. The van der Waals surface area contributed by atoms with Gasteiger partial charge in [0.05, 0.1) is 18.1 Å². The summed E-state index contributed by atoms with van der Waals surface area (Å²) in [4.78, 5) is 14.6. The van der Waals surface area contributed by atoms with Crippen LogP contribution in [0.2, 0.25) is 0 Å². The van der Waals surface area contributed by atoms with E-state index in [4.69, 9.17) is 9.47 Å². The van der Waals surface area contributed by atoms with Crippen LogP contribution in [0.15, 0.2) is 47.4 Å². The molecule has 1 saturated heterocycles. The van der Waals surface area contributed by atoms with E-state index in [0.717, 1.165) is 12.0 Å². The summed E-state index contributed by atoms with van der Waals surface area (Å²) in [5.41, 5.74) is 0.718. The monoisotopic (exact) mass is 462 g/mol. The fraction of sp³-hybridized carbons (Fsp3) is 0.435. The van der Waals surface area contributed by atoms with Gasteiger partial charge in [-0.15, -0.1) is 0 Å². The molecule has 172 valence electrons. The SMILES string of the molecule is CN(Cc1cccc(F)c1)C(=O)C1CCN(S(=O)(=O)c2ccc3c(c2)OCCCO3)CC1. The number of halogens is 1. The van der Waals surface area contributed by atoms with Crippen molar-refractivity contribution in [1.82, 2.24) is 9.21 Å². The van der Waals surface area contributed by atoms with Crippen LogP contribution >= 0.6 is 0 Å². The Hall–Kier alpha value is -2.65. The van der Waals surface area contributed by atoms with Crippen LogP contribution in [-0.4, -0.2) is 56.9 Å². The summed E-state index contributed by atoms with van der Waals surface area (Å²) in [5, 5.41) is 0. The van der Waals surface area contributed by atoms with Crippen molar-refractivity contribution in [3.8, 4) is 11.5 Å². The van der Waals surface area contributed by atoms with E-state index in [-0.39, 0.29) is 35.6 Å². The van der Waals surface area contributed by atoms with Crippen LogP contribution in [0.3, 0.4) is 0 Å². The van der Waals surface area contributed by atoms with Crippen LogP contribution in [0.4, 0.5) is 4.39 Å². The molecule has 0 saturated carbocycles. The first-order valence-corrected chi connectivity index (χ1v) is 12.2. The number of benzene rings is 2. The van der Waals surface area contributed by atoms with Gasteiger partial charge in [0.1, 0.15) is 5.82 Å². The second-order valence-corrected chi connectivity index (χ2v) is 10.1. The van der Waals surface area contributed by atoms with Crippen molar-refractivity contribution in [2.75, 3.05) is 33.4 Å². The molecule has 9 heteroatoms. The van der Waals surface area contributed by atoms with Crippen LogP contribution in [0.1, 0.15) is 24.8 Å². The zero-order valence-corrected chi connectivity index (χ0v) is 18.8. The van der Waals surface area contributed by atoms with Crippen LogP contribution in [-0.2, 0) is 21.4 Å². The molecule has 0 unspecified atom stereocenters. The largest absolute Gasteiger partial charge is 0.490 e. The topological polar surface area (TPSA) is 76.2 Å². The van der Waals surface area contributed by atoms with E-state index in [1.807, 2.05) is 0 Å². The summed E-state index contributed by atoms with van der Waals surface area (Å²) in [6, 6.07) is 10.8. The minimum atomic E-state index is -3.70. The predicted octanol–water partition coefficient (Wildman–Crippen LogP) is 3.05. The number of rotatable bonds is 5. The molecule has 0 radical (unpaired) electrons. The summed E-state index contributed by atoms with van der Waals surface area (Å²) >= 11 is 0. The van der Waals surface area contributed by atoms with E-state index in [0.29, 0.717) is 44.1 Å². The van der Waals surface area contributed by atoms with E-state index >= 15 is 0 Å². The molecule has 1 fully saturated rings. The van der Waals surface area contributed by atoms with Crippen molar-refractivity contribution in [2.24, 2.45) is 5.92 Å². The van der Waals surface area contributed by atoms with Gasteiger partial charge in [0, 0.05) is 45.1 Å². The maximum Gasteiger partial charge on any atom is 0.243 e. The van der Waals surface area contributed by atoms with Crippen molar-refractivity contribution in [3.05, 3.63) is 53.8 Å². The number of carbonyl (C=O) groups excluding carboxylic acids is 1. The molecule has 0 aromatic heterocycles. The average molecular weight is 463 g/mol. The molecule has 0 spiro atoms. The lowest BCUT2D eigenvalue weighted by molar-refractivity contribution is -0.135. The summed E-state index contributed by atoms with van der Waals surface area (Å²) in [6.45, 7) is 1.86. The molecule has 0 atom stereocenters. The first kappa shape index (κ1) is 22.5. The minimum absolute atomic E-state index is 0.0538. The number of sulfonamides is 1. The average Bonchev–Trinajstić information content (AvgIpc) is 3.03. The number of nitrogens with zero attached hydrogens (tertiary/aromatic N) is 2. The van der Waals surface area contributed by atoms with Gasteiger partial charge in [-0.25, -0.2) is 12.8 Å². The Kier molecular flexibility index (Phi) is 6.66. The van der Waals surface area contributed by atoms with Gasteiger partial charge in [-0.2, -0.15) is 4.31 Å². The van der Waals surface area contributed by atoms with E-state index in [2.05, 4.69) is 0 Å². The number of amides is 1. The zero-order chi connectivity index (χ0) is 22.7. The highest BCUT2D eigenvalue weighted by molar-refractivity contribution is 7.89. The summed E-state index contributed by atoms with van der Waals surface area (Å²) in [5.74, 6) is 0.335. The van der Waals surface area contributed by atoms with Crippen LogP contribution in [0, 0.1) is 11.7 Å². The standard InChI is InChI=1S/C23H27FN2O5S/c1-25(16-17-4-2-5-19(24)14-17)23(27)18-8-10-26(11-9-18)32(28,29)20-6-7-21-22(15-20)31-13-3-12-30-21/h2,4-7,14-15,18H,3,8-13,16H2,1H3. The predicted molar refractivity (Wildman–Crippen MR) is 116 cm³/mol. The molecule has 2 aromatic carbocycles. The molecule has 32 heavy (non-hydrogen) atoms. The number of piperidine rings is 1. The third-order valence-electron chi connectivity index (χ3n) is 5.84. The van der Waals surface area contributed by atoms with Gasteiger partial charge < -0.3 is 14.4 Å². The van der Waals surface area contributed by atoms with Crippen LogP contribution in [0.25, 0.3) is 0 Å². The van der Waals surface area contributed by atoms with Crippen molar-refractivity contribution in [1.29, 1.82) is 0 Å². The maximum absolute atomic E-state index is 13.4. The third-order valence-corrected chi connectivity index (χ3v) is 7.74. The Balaban J connectivity index is 1.38. The molecular weight excluding hydrogens is 435 g/mol. The van der Waals surface area contributed by atoms with Gasteiger partial charge in [-0.05, 0) is 42.7 Å². The lowest BCUT2D eigenvalue weighted by atomic mass is 9.96. The van der Waals surface area contributed by atoms with Crippen molar-refractivity contribution >= 4 is 15.9 Å². The molecule has 0 N–H and O–H groups in total. The van der Waals surface area contributed by atoms with Crippen molar-refractivity contribution in [2.45, 2.75) is 30.7 Å². The lowest BCUT2D eigenvalue weighted by Crippen LogP contribution is -2.43. The highest BCUT2D eigenvalue weighted by Crippen LogP contribution is 2.34. The first-order valence-electron chi connectivity index (χ1n) is 10.7. The first-order chi connectivity index (χ1) is 15.3. The zero-order valence-electron chi connectivity index (χ0n) is 18.0. The molecule has 2 heterocycles. The van der Waals surface area contributed by atoms with E-state index in [1.165, 1.54) is 28.6 Å². The van der Waals surface area contributed by atoms with Crippen LogP contribution in [0.5, 0.6) is 11.5 Å². The molecule has 4 rings (SSSR count). The Labute approximate surface area is 187 Å².